The van der Waals surface area contributed by atoms with Crippen molar-refractivity contribution in [3.63, 3.8) is 0 Å². The molecular weight excluding hydrogens is 395 g/mol. The minimum atomic E-state index is -0.689. The molecule has 0 spiro atoms. The zero-order chi connectivity index (χ0) is 20.5. The normalized spacial score (nSPS) is 10.9. The molecule has 2 heterocycles. The first-order chi connectivity index (χ1) is 13.9. The molecule has 2 aromatic heterocycles. The predicted octanol–water partition coefficient (Wildman–Crippen LogP) is 5.25. The Bertz CT molecular complexity index is 1240. The average Bonchev–Trinajstić information content (AvgIpc) is 2.97. The van der Waals surface area contributed by atoms with E-state index in [9.17, 15) is 9.18 Å². The lowest BCUT2D eigenvalue weighted by atomic mass is 10.2. The quantitative estimate of drug-likeness (QED) is 0.500. The summed E-state index contributed by atoms with van der Waals surface area (Å²) in [4.78, 5) is 20.9. The number of halogens is 2. The van der Waals surface area contributed by atoms with Crippen LogP contribution in [0.25, 0.3) is 22.3 Å². The van der Waals surface area contributed by atoms with Crippen molar-refractivity contribution in [2.45, 2.75) is 13.8 Å². The third kappa shape index (κ3) is 3.90. The predicted molar refractivity (Wildman–Crippen MR) is 109 cm³/mol. The first-order valence-corrected chi connectivity index (χ1v) is 9.14. The number of carbonyl (C=O) groups excluding carboxylic acids is 1. The maximum Gasteiger partial charge on any atom is 0.432 e. The van der Waals surface area contributed by atoms with Crippen molar-refractivity contribution < 1.29 is 13.9 Å². The largest absolute Gasteiger partial charge is 0.432 e. The average molecular weight is 411 g/mol. The maximum atomic E-state index is 13.4. The van der Waals surface area contributed by atoms with Gasteiger partial charge in [-0.25, -0.2) is 24.6 Å². The minimum Gasteiger partial charge on any atom is -0.406 e. The fraction of sp³-hybridized carbons (Fsp3) is 0.0952. The zero-order valence-corrected chi connectivity index (χ0v) is 16.4. The molecule has 0 atom stereocenters. The van der Waals surface area contributed by atoms with E-state index in [1.54, 1.807) is 29.8 Å². The Morgan fingerprint density at radius 2 is 2.00 bits per heavy atom. The van der Waals surface area contributed by atoms with E-state index in [0.29, 0.717) is 22.1 Å². The minimum absolute atomic E-state index is 0.208. The van der Waals surface area contributed by atoms with Gasteiger partial charge in [-0.15, -0.1) is 0 Å². The van der Waals surface area contributed by atoms with Crippen molar-refractivity contribution in [1.29, 1.82) is 0 Å². The Morgan fingerprint density at radius 3 is 2.76 bits per heavy atom. The molecule has 0 aliphatic carbocycles. The van der Waals surface area contributed by atoms with E-state index in [4.69, 9.17) is 16.3 Å². The number of hydrogen-bond donors (Lipinski definition) is 1. The summed E-state index contributed by atoms with van der Waals surface area (Å²) < 4.78 is 20.4. The summed E-state index contributed by atoms with van der Waals surface area (Å²) in [6.07, 6.45) is 0.702. The van der Waals surface area contributed by atoms with Crippen LogP contribution < -0.4 is 10.2 Å². The Kier molecular flexibility index (Phi) is 4.90. The van der Waals surface area contributed by atoms with Crippen LogP contribution in [0.15, 0.2) is 54.7 Å². The highest BCUT2D eigenvalue weighted by molar-refractivity contribution is 6.31. The van der Waals surface area contributed by atoms with Crippen LogP contribution in [0.1, 0.15) is 11.4 Å². The van der Waals surface area contributed by atoms with Gasteiger partial charge in [-0.1, -0.05) is 23.7 Å². The Morgan fingerprint density at radius 1 is 1.17 bits per heavy atom. The fourth-order valence-corrected chi connectivity index (χ4v) is 3.19. The van der Waals surface area contributed by atoms with Crippen molar-refractivity contribution in [2.24, 2.45) is 0 Å². The van der Waals surface area contributed by atoms with E-state index in [1.807, 2.05) is 25.1 Å². The number of nitrogens with one attached hydrogen (secondary N) is 1. The molecule has 146 valence electrons. The lowest BCUT2D eigenvalue weighted by Gasteiger charge is -2.12. The van der Waals surface area contributed by atoms with Gasteiger partial charge in [-0.2, -0.15) is 0 Å². The molecule has 0 saturated carbocycles. The number of rotatable bonds is 3. The summed E-state index contributed by atoms with van der Waals surface area (Å²) in [5, 5.41) is 1.51. The van der Waals surface area contributed by atoms with Gasteiger partial charge in [0.1, 0.15) is 5.82 Å². The molecule has 6 nitrogen and oxygen atoms in total. The van der Waals surface area contributed by atoms with E-state index >= 15 is 0 Å². The highest BCUT2D eigenvalue weighted by Gasteiger charge is 2.14. The van der Waals surface area contributed by atoms with Gasteiger partial charge in [0.25, 0.3) is 0 Å². The van der Waals surface area contributed by atoms with Crippen molar-refractivity contribution in [3.8, 4) is 17.1 Å². The molecular formula is C21H16ClFN4O2. The van der Waals surface area contributed by atoms with Gasteiger partial charge in [0.15, 0.2) is 11.6 Å². The second-order valence-electron chi connectivity index (χ2n) is 6.48. The van der Waals surface area contributed by atoms with E-state index in [2.05, 4.69) is 15.4 Å². The van der Waals surface area contributed by atoms with Gasteiger partial charge in [0.05, 0.1) is 17.4 Å². The number of ether oxygens (including phenoxy) is 1. The number of fused-ring (bicyclic) bond motifs is 1. The van der Waals surface area contributed by atoms with Crippen LogP contribution in [0, 0.1) is 19.7 Å². The molecule has 1 N–H and O–H groups in total. The Hall–Kier alpha value is -3.45. The van der Waals surface area contributed by atoms with Gasteiger partial charge in [0.2, 0.25) is 0 Å². The van der Waals surface area contributed by atoms with Crippen molar-refractivity contribution in [2.75, 3.05) is 5.43 Å². The number of benzene rings is 2. The third-order valence-electron chi connectivity index (χ3n) is 4.37. The zero-order valence-electron chi connectivity index (χ0n) is 15.6. The van der Waals surface area contributed by atoms with E-state index in [0.717, 1.165) is 16.6 Å². The SMILES string of the molecule is Cc1nc(-c2cccc(F)c2)ncc1OC(=O)Nn1c(C)cc2cc(Cl)ccc21. The van der Waals surface area contributed by atoms with Crippen molar-refractivity contribution in [3.05, 3.63) is 77.0 Å². The van der Waals surface area contributed by atoms with Crippen LogP contribution in [0.2, 0.25) is 5.02 Å². The van der Waals surface area contributed by atoms with Gasteiger partial charge in [0, 0.05) is 21.7 Å². The molecule has 4 rings (SSSR count). The lowest BCUT2D eigenvalue weighted by Crippen LogP contribution is -2.27. The number of carbonyl (C=O) groups is 1. The second kappa shape index (κ2) is 7.52. The topological polar surface area (TPSA) is 69.0 Å². The molecule has 0 fully saturated rings. The molecule has 0 unspecified atom stereocenters. The summed E-state index contributed by atoms with van der Waals surface area (Å²) in [7, 11) is 0. The molecule has 2 aromatic carbocycles. The molecule has 0 radical (unpaired) electrons. The van der Waals surface area contributed by atoms with E-state index in [-0.39, 0.29) is 11.6 Å². The number of amides is 1. The van der Waals surface area contributed by atoms with Gasteiger partial charge >= 0.3 is 6.09 Å². The van der Waals surface area contributed by atoms with Crippen LogP contribution in [-0.4, -0.2) is 20.7 Å². The standard InChI is InChI=1S/C21H16ClFN4O2/c1-12-8-15-9-16(22)6-7-18(15)27(12)26-21(28)29-19-11-24-20(25-13(19)2)14-4-3-5-17(23)10-14/h3-11H,1-2H3,(H,26,28). The van der Waals surface area contributed by atoms with E-state index < -0.39 is 6.09 Å². The number of hydrogen-bond acceptors (Lipinski definition) is 4. The first kappa shape index (κ1) is 18.9. The third-order valence-corrected chi connectivity index (χ3v) is 4.61. The van der Waals surface area contributed by atoms with Crippen LogP contribution in [0.4, 0.5) is 9.18 Å². The molecule has 8 heteroatoms. The van der Waals surface area contributed by atoms with Crippen molar-refractivity contribution >= 4 is 28.6 Å². The summed E-state index contributed by atoms with van der Waals surface area (Å²) in [5.74, 6) is 0.178. The van der Waals surface area contributed by atoms with Gasteiger partial charge < -0.3 is 4.74 Å². The smallest absolute Gasteiger partial charge is 0.406 e. The highest BCUT2D eigenvalue weighted by Crippen LogP contribution is 2.23. The summed E-state index contributed by atoms with van der Waals surface area (Å²) in [5.41, 5.74) is 5.29. The maximum absolute atomic E-state index is 13.4. The molecule has 1 amide bonds. The lowest BCUT2D eigenvalue weighted by molar-refractivity contribution is 0.211. The number of aryl methyl sites for hydroxylation is 2. The molecule has 0 aliphatic rings. The molecule has 4 aromatic rings. The summed E-state index contributed by atoms with van der Waals surface area (Å²) in [6, 6.07) is 13.3. The van der Waals surface area contributed by atoms with E-state index in [1.165, 1.54) is 18.3 Å². The summed E-state index contributed by atoms with van der Waals surface area (Å²) >= 11 is 6.02. The summed E-state index contributed by atoms with van der Waals surface area (Å²) in [6.45, 7) is 3.54. The number of aromatic nitrogens is 3. The monoisotopic (exact) mass is 410 g/mol. The molecule has 0 aliphatic heterocycles. The molecule has 29 heavy (non-hydrogen) atoms. The molecule has 0 saturated heterocycles. The van der Waals surface area contributed by atoms with Crippen LogP contribution in [0.5, 0.6) is 5.75 Å². The highest BCUT2D eigenvalue weighted by atomic mass is 35.5. The Labute approximate surface area is 170 Å². The van der Waals surface area contributed by atoms with Crippen molar-refractivity contribution in [1.82, 2.24) is 14.6 Å². The molecule has 0 bridgehead atoms. The Balaban J connectivity index is 1.54. The van der Waals surface area contributed by atoms with Gasteiger partial charge in [-0.05, 0) is 50.2 Å². The second-order valence-corrected chi connectivity index (χ2v) is 6.92. The van der Waals surface area contributed by atoms with Crippen LogP contribution in [0.3, 0.4) is 0 Å². The fourth-order valence-electron chi connectivity index (χ4n) is 3.01. The van der Waals surface area contributed by atoms with Crippen LogP contribution >= 0.6 is 11.6 Å². The first-order valence-electron chi connectivity index (χ1n) is 8.77. The van der Waals surface area contributed by atoms with Gasteiger partial charge in [-0.3, -0.25) is 4.68 Å². The number of nitrogens with zero attached hydrogens (tertiary/aromatic N) is 3. The van der Waals surface area contributed by atoms with Crippen LogP contribution in [-0.2, 0) is 0 Å².